The molecule has 0 aromatic heterocycles. The van der Waals surface area contributed by atoms with E-state index in [1.54, 1.807) is 0 Å². The van der Waals surface area contributed by atoms with Crippen molar-refractivity contribution in [3.8, 4) is 0 Å². The van der Waals surface area contributed by atoms with Gasteiger partial charge in [-0.25, -0.2) is 0 Å². The first-order valence-corrected chi connectivity index (χ1v) is 7.05. The van der Waals surface area contributed by atoms with Gasteiger partial charge in [-0.1, -0.05) is 21.1 Å². The van der Waals surface area contributed by atoms with E-state index in [0.717, 1.165) is 35.4 Å². The van der Waals surface area contributed by atoms with Crippen LogP contribution in [0.15, 0.2) is 27.8 Å². The Morgan fingerprint density at radius 1 is 1.47 bits per heavy atom. The molecule has 19 heavy (non-hydrogen) atoms. The topological polar surface area (TPSA) is 65.1 Å². The van der Waals surface area contributed by atoms with Gasteiger partial charge in [0.25, 0.3) is 0 Å². The zero-order valence-electron chi connectivity index (χ0n) is 11.2. The maximum atomic E-state index is 8.90. The second-order valence-corrected chi connectivity index (χ2v) is 5.84. The van der Waals surface area contributed by atoms with Crippen molar-refractivity contribution < 1.29 is 5.21 Å². The van der Waals surface area contributed by atoms with E-state index in [1.807, 2.05) is 18.2 Å². The van der Waals surface area contributed by atoms with Gasteiger partial charge in [-0.15, -0.1) is 0 Å². The molecule has 0 radical (unpaired) electrons. The third kappa shape index (κ3) is 3.01. The quantitative estimate of drug-likeness (QED) is 0.375. The van der Waals surface area contributed by atoms with Crippen LogP contribution in [-0.2, 0) is 0 Å². The maximum Gasteiger partial charge on any atom is 0.172 e. The summed E-state index contributed by atoms with van der Waals surface area (Å²) in [5.74, 6) is 0.147. The van der Waals surface area contributed by atoms with Crippen LogP contribution in [0.5, 0.6) is 0 Å². The summed E-state index contributed by atoms with van der Waals surface area (Å²) in [5, 5.41) is 12.0. The molecule has 0 amide bonds. The van der Waals surface area contributed by atoms with Crippen molar-refractivity contribution in [1.82, 2.24) is 4.90 Å². The van der Waals surface area contributed by atoms with Crippen LogP contribution < -0.4 is 10.6 Å². The minimum absolute atomic E-state index is 0.147. The summed E-state index contributed by atoms with van der Waals surface area (Å²) in [4.78, 5) is 4.61. The molecule has 1 unspecified atom stereocenters. The average Bonchev–Trinajstić information content (AvgIpc) is 2.41. The highest BCUT2D eigenvalue weighted by atomic mass is 79.9. The monoisotopic (exact) mass is 326 g/mol. The molecule has 1 aromatic rings. The zero-order chi connectivity index (χ0) is 14.0. The Kier molecular flexibility index (Phi) is 4.31. The van der Waals surface area contributed by atoms with Crippen LogP contribution in [0.2, 0.25) is 0 Å². The van der Waals surface area contributed by atoms with E-state index in [4.69, 9.17) is 10.9 Å². The van der Waals surface area contributed by atoms with Crippen molar-refractivity contribution in [2.45, 2.75) is 13.0 Å². The number of benzene rings is 1. The Labute approximate surface area is 121 Å². The lowest BCUT2D eigenvalue weighted by molar-refractivity contribution is 0.234. The third-order valence-electron chi connectivity index (χ3n) is 3.64. The van der Waals surface area contributed by atoms with E-state index in [9.17, 15) is 0 Å². The molecular formula is C13H19BrN4O. The number of hydrogen-bond acceptors (Lipinski definition) is 4. The van der Waals surface area contributed by atoms with Gasteiger partial charge in [-0.3, -0.25) is 0 Å². The number of amidine groups is 1. The predicted octanol–water partition coefficient (Wildman–Crippen LogP) is 1.68. The molecule has 1 heterocycles. The molecule has 0 spiro atoms. The largest absolute Gasteiger partial charge is 0.409 e. The van der Waals surface area contributed by atoms with Crippen LogP contribution in [0.1, 0.15) is 12.5 Å². The summed E-state index contributed by atoms with van der Waals surface area (Å²) >= 11 is 3.48. The van der Waals surface area contributed by atoms with Gasteiger partial charge in [-0.2, -0.15) is 0 Å². The van der Waals surface area contributed by atoms with E-state index in [0.29, 0.717) is 6.04 Å². The first-order valence-electron chi connectivity index (χ1n) is 6.25. The van der Waals surface area contributed by atoms with E-state index in [-0.39, 0.29) is 5.84 Å². The van der Waals surface area contributed by atoms with Gasteiger partial charge in [0.2, 0.25) is 0 Å². The number of halogens is 1. The number of oxime groups is 1. The minimum atomic E-state index is 0.147. The Hall–Kier alpha value is -1.27. The van der Waals surface area contributed by atoms with Gasteiger partial charge in [0.05, 0.1) is 0 Å². The van der Waals surface area contributed by atoms with Gasteiger partial charge in [0.15, 0.2) is 5.84 Å². The number of nitrogens with two attached hydrogens (primary N) is 1. The zero-order valence-corrected chi connectivity index (χ0v) is 12.8. The second-order valence-electron chi connectivity index (χ2n) is 4.92. The summed E-state index contributed by atoms with van der Waals surface area (Å²) in [5.41, 5.74) is 7.53. The van der Waals surface area contributed by atoms with Crippen LogP contribution in [0.4, 0.5) is 5.69 Å². The molecule has 104 valence electrons. The van der Waals surface area contributed by atoms with E-state index >= 15 is 0 Å². The number of likely N-dealkylation sites (N-methyl/N-ethyl adjacent to an activating group) is 1. The van der Waals surface area contributed by atoms with Crippen molar-refractivity contribution in [2.75, 3.05) is 31.6 Å². The van der Waals surface area contributed by atoms with Gasteiger partial charge in [-0.05, 0) is 32.2 Å². The first kappa shape index (κ1) is 14.1. The molecule has 0 bridgehead atoms. The first-order chi connectivity index (χ1) is 9.02. The van der Waals surface area contributed by atoms with E-state index < -0.39 is 0 Å². The highest BCUT2D eigenvalue weighted by Crippen LogP contribution is 2.27. The Morgan fingerprint density at radius 3 is 2.84 bits per heavy atom. The van der Waals surface area contributed by atoms with E-state index in [1.165, 1.54) is 0 Å². The number of piperazine rings is 1. The van der Waals surface area contributed by atoms with Crippen LogP contribution in [-0.4, -0.2) is 48.7 Å². The summed E-state index contributed by atoms with van der Waals surface area (Å²) in [7, 11) is 2.13. The molecule has 2 rings (SSSR count). The highest BCUT2D eigenvalue weighted by Gasteiger charge is 2.23. The average molecular weight is 327 g/mol. The van der Waals surface area contributed by atoms with Crippen molar-refractivity contribution in [1.29, 1.82) is 0 Å². The highest BCUT2D eigenvalue weighted by molar-refractivity contribution is 9.10. The van der Waals surface area contributed by atoms with Crippen LogP contribution in [0, 0.1) is 0 Å². The fourth-order valence-corrected chi connectivity index (χ4v) is 2.65. The van der Waals surface area contributed by atoms with Gasteiger partial charge < -0.3 is 20.7 Å². The standard InChI is InChI=1S/C13H19BrN4O/c1-9-8-18(6-5-17(9)2)12-7-10(14)3-4-11(12)13(15)16-19/h3-4,7,9,19H,5-6,8H2,1-2H3,(H2,15,16). The lowest BCUT2D eigenvalue weighted by atomic mass is 10.1. The van der Waals surface area contributed by atoms with Crippen molar-refractivity contribution in [3.63, 3.8) is 0 Å². The lowest BCUT2D eigenvalue weighted by Crippen LogP contribution is -2.50. The molecule has 0 aliphatic carbocycles. The Bertz CT molecular complexity index is 492. The van der Waals surface area contributed by atoms with Gasteiger partial charge in [0.1, 0.15) is 0 Å². The molecule has 1 fully saturated rings. The maximum absolute atomic E-state index is 8.90. The summed E-state index contributed by atoms with van der Waals surface area (Å²) < 4.78 is 0.989. The summed E-state index contributed by atoms with van der Waals surface area (Å²) in [6, 6.07) is 6.27. The molecule has 6 heteroatoms. The fraction of sp³-hybridized carbons (Fsp3) is 0.462. The molecule has 1 aromatic carbocycles. The number of anilines is 1. The van der Waals surface area contributed by atoms with Gasteiger partial charge >= 0.3 is 0 Å². The molecule has 1 aliphatic rings. The molecule has 1 atom stereocenters. The summed E-state index contributed by atoms with van der Waals surface area (Å²) in [6.07, 6.45) is 0. The number of nitrogens with zero attached hydrogens (tertiary/aromatic N) is 3. The van der Waals surface area contributed by atoms with E-state index in [2.05, 4.69) is 44.9 Å². The molecule has 0 saturated carbocycles. The Balaban J connectivity index is 2.35. The minimum Gasteiger partial charge on any atom is -0.409 e. The van der Waals surface area contributed by atoms with Crippen LogP contribution >= 0.6 is 15.9 Å². The molecule has 5 nitrogen and oxygen atoms in total. The van der Waals surface area contributed by atoms with Crippen molar-refractivity contribution in [2.24, 2.45) is 10.9 Å². The molecule has 1 saturated heterocycles. The molecule has 3 N–H and O–H groups in total. The van der Waals surface area contributed by atoms with Crippen molar-refractivity contribution >= 4 is 27.5 Å². The smallest absolute Gasteiger partial charge is 0.172 e. The Morgan fingerprint density at radius 2 is 2.21 bits per heavy atom. The molecule has 1 aliphatic heterocycles. The number of rotatable bonds is 2. The van der Waals surface area contributed by atoms with Crippen LogP contribution in [0.3, 0.4) is 0 Å². The second kappa shape index (κ2) is 5.79. The number of hydrogen-bond donors (Lipinski definition) is 2. The fourth-order valence-electron chi connectivity index (χ4n) is 2.30. The predicted molar refractivity (Wildman–Crippen MR) is 81.0 cm³/mol. The van der Waals surface area contributed by atoms with Crippen molar-refractivity contribution in [3.05, 3.63) is 28.2 Å². The third-order valence-corrected chi connectivity index (χ3v) is 4.14. The van der Waals surface area contributed by atoms with Crippen LogP contribution in [0.25, 0.3) is 0 Å². The lowest BCUT2D eigenvalue weighted by Gasteiger charge is -2.39. The normalized spacial score (nSPS) is 21.7. The van der Waals surface area contributed by atoms with Gasteiger partial charge in [0, 0.05) is 41.4 Å². The molecular weight excluding hydrogens is 308 g/mol. The SMILES string of the molecule is CC1CN(c2cc(Br)ccc2/C(N)=N/O)CCN1C. The summed E-state index contributed by atoms with van der Waals surface area (Å²) in [6.45, 7) is 5.07.